The number of nitrogens with zero attached hydrogens (tertiary/aromatic N) is 5. The third-order valence-corrected chi connectivity index (χ3v) is 20.7. The topological polar surface area (TPSA) is 40.6 Å². The molecule has 11 aromatic rings. The van der Waals surface area contributed by atoms with E-state index in [1.54, 1.807) is 0 Å². The van der Waals surface area contributed by atoms with Crippen LogP contribution in [0.15, 0.2) is 210 Å². The Balaban J connectivity index is 0.789. The summed E-state index contributed by atoms with van der Waals surface area (Å²) >= 11 is 7.60. The highest BCUT2D eigenvalue weighted by Crippen LogP contribution is 2.43. The zero-order valence-electron chi connectivity index (χ0n) is 43.2. The largest absolute Gasteiger partial charge is 0.350 e. The Bertz CT molecular complexity index is 4240. The maximum absolute atomic E-state index is 4.97. The lowest BCUT2D eigenvalue weighted by atomic mass is 9.36. The molecule has 0 fully saturated rings. The average Bonchev–Trinajstić information content (AvgIpc) is 4.21. The molecule has 5 nitrogen and oxygen atoms in total. The third kappa shape index (κ3) is 7.37. The van der Waals surface area contributed by atoms with Crippen molar-refractivity contribution in [2.24, 2.45) is 7.05 Å². The van der Waals surface area contributed by atoms with E-state index < -0.39 is 0 Å². The molecule has 7 heterocycles. The third-order valence-electron chi connectivity index (χ3n) is 16.0. The van der Waals surface area contributed by atoms with Gasteiger partial charge in [0.2, 0.25) is 13.4 Å². The van der Waals surface area contributed by atoms with Gasteiger partial charge in [0, 0.05) is 81.6 Å². The van der Waals surface area contributed by atoms with Gasteiger partial charge < -0.3 is 4.57 Å². The van der Waals surface area contributed by atoms with Crippen LogP contribution in [0.4, 0.5) is 0 Å². The lowest BCUT2D eigenvalue weighted by Crippen LogP contribution is -2.58. The zero-order chi connectivity index (χ0) is 51.2. The minimum Gasteiger partial charge on any atom is -0.350 e. The van der Waals surface area contributed by atoms with Crippen molar-refractivity contribution in [2.45, 2.75) is 80.7 Å². The first-order chi connectivity index (χ1) is 37.0. The summed E-state index contributed by atoms with van der Waals surface area (Å²) in [6, 6.07) is 53.4. The summed E-state index contributed by atoms with van der Waals surface area (Å²) in [6.45, 7) is 13.3. The predicted octanol–water partition coefficient (Wildman–Crippen LogP) is 12.8. The highest BCUT2D eigenvalue weighted by Gasteiger charge is 2.40. The van der Waals surface area contributed by atoms with Crippen LogP contribution >= 0.6 is 47.0 Å². The van der Waals surface area contributed by atoms with Gasteiger partial charge in [0.05, 0.1) is 23.8 Å². The molecular weight excluding hydrogens is 1000 g/mol. The molecule has 0 radical (unpaired) electrons. The average molecular weight is 1050 g/mol. The number of hydrogen-bond acceptors (Lipinski definition) is 6. The van der Waals surface area contributed by atoms with E-state index in [4.69, 9.17) is 10.2 Å². The lowest BCUT2D eigenvalue weighted by molar-refractivity contribution is 0.880. The smallest absolute Gasteiger partial charge is 0.247 e. The molecule has 0 saturated heterocycles. The summed E-state index contributed by atoms with van der Waals surface area (Å²) in [7, 11) is 2.20. The first-order valence-corrected chi connectivity index (χ1v) is 29.2. The monoisotopic (exact) mass is 1050 g/mol. The Morgan fingerprint density at radius 2 is 0.763 bits per heavy atom. The summed E-state index contributed by atoms with van der Waals surface area (Å²) in [5.41, 5.74) is 27.7. The van der Waals surface area contributed by atoms with Crippen LogP contribution in [0.25, 0.3) is 56.0 Å². The second-order valence-electron chi connectivity index (χ2n) is 21.2. The minimum absolute atomic E-state index is 0.0925. The highest BCUT2D eigenvalue weighted by atomic mass is 32.2. The van der Waals surface area contributed by atoms with Crippen LogP contribution < -0.4 is 32.8 Å². The molecule has 4 aliphatic heterocycles. The Hall–Kier alpha value is -7.01. The van der Waals surface area contributed by atoms with E-state index in [0.717, 1.165) is 22.5 Å². The molecule has 0 saturated carbocycles. The van der Waals surface area contributed by atoms with Crippen LogP contribution in [0.1, 0.15) is 33.4 Å². The van der Waals surface area contributed by atoms with Gasteiger partial charge in [-0.15, -0.1) is 0 Å². The summed E-state index contributed by atoms with van der Waals surface area (Å²) < 4.78 is 6.44. The van der Waals surface area contributed by atoms with Gasteiger partial charge in [0.25, 0.3) is 0 Å². The molecule has 4 aliphatic rings. The van der Waals surface area contributed by atoms with E-state index in [9.17, 15) is 0 Å². The Morgan fingerprint density at radius 3 is 1.21 bits per heavy atom. The van der Waals surface area contributed by atoms with Gasteiger partial charge in [-0.3, -0.25) is 0 Å². The number of hydrogen-bond donors (Lipinski definition) is 0. The normalized spacial score (nSPS) is 13.5. The first kappa shape index (κ1) is 46.3. The number of aryl methyl sites for hydroxylation is 7. The summed E-state index contributed by atoms with van der Waals surface area (Å²) in [5, 5.41) is 9.93. The standard InChI is InChI=1S/C65H49B2N5S4/c1-36-22-38(3)62(39(4)23-36)45-31-68-71(34-45)47-16-20-56-51(29-47)66-49-26-42(14-18-54(49)73-58-10-8-12-60(75-56)64(58)66)44-28-53(70(7)33-44)43-15-19-55-50(27-43)67-52-30-48(17-21-57(52)76-61-13-9-11-59(74-55)65(61)67)72-35-46(32-69-72)63-40(5)24-37(2)25-41(63)6/h8-35H,1-7H3. The molecule has 0 spiro atoms. The molecule has 11 heteroatoms. The minimum atomic E-state index is 0.0925. The van der Waals surface area contributed by atoms with E-state index >= 15 is 0 Å². The second kappa shape index (κ2) is 17.5. The maximum Gasteiger partial charge on any atom is 0.247 e. The van der Waals surface area contributed by atoms with E-state index in [2.05, 4.69) is 221 Å². The predicted molar refractivity (Wildman–Crippen MR) is 321 cm³/mol. The summed E-state index contributed by atoms with van der Waals surface area (Å²) in [6.07, 6.45) is 10.8. The van der Waals surface area contributed by atoms with Crippen molar-refractivity contribution in [3.8, 4) is 56.0 Å². The molecular formula is C65H49B2N5S4. The van der Waals surface area contributed by atoms with Crippen LogP contribution in [0.3, 0.4) is 0 Å². The van der Waals surface area contributed by atoms with Gasteiger partial charge in [0.1, 0.15) is 0 Å². The van der Waals surface area contributed by atoms with Crippen molar-refractivity contribution in [1.29, 1.82) is 0 Å². The molecule has 8 aromatic carbocycles. The van der Waals surface area contributed by atoms with Crippen LogP contribution in [-0.2, 0) is 7.05 Å². The van der Waals surface area contributed by atoms with Crippen molar-refractivity contribution in [1.82, 2.24) is 24.1 Å². The van der Waals surface area contributed by atoms with Gasteiger partial charge in [-0.2, -0.15) is 10.2 Å². The van der Waals surface area contributed by atoms with Crippen LogP contribution in [-0.4, -0.2) is 37.6 Å². The molecule has 0 bridgehead atoms. The SMILES string of the molecule is Cc1cc(C)c(-c2cnn(-c3ccc4c(c3)B3c5cc(-c6cc(-c7ccc8c(c7)B7c9cc(-n%10cc(-c%11c(C)cc(C)cc%11C)cn%10)ccc9Sc9cccc(c97)S8)n(C)c6)ccc5Sc5cccc(c53)S4)c2)c(C)c1. The van der Waals surface area contributed by atoms with Crippen molar-refractivity contribution in [3.63, 3.8) is 0 Å². The van der Waals surface area contributed by atoms with Crippen molar-refractivity contribution in [3.05, 3.63) is 204 Å². The fourth-order valence-electron chi connectivity index (χ4n) is 12.9. The first-order valence-electron chi connectivity index (χ1n) is 25.9. The second-order valence-corrected chi connectivity index (χ2v) is 25.5. The van der Waals surface area contributed by atoms with Gasteiger partial charge in [-0.25, -0.2) is 9.36 Å². The van der Waals surface area contributed by atoms with E-state index in [1.807, 2.05) is 59.4 Å². The molecule has 0 atom stereocenters. The van der Waals surface area contributed by atoms with Crippen molar-refractivity contribution in [2.75, 3.05) is 0 Å². The molecule has 76 heavy (non-hydrogen) atoms. The quantitative estimate of drug-likeness (QED) is 0.155. The lowest BCUT2D eigenvalue weighted by Gasteiger charge is -2.33. The Kier molecular flexibility index (Phi) is 10.7. The Labute approximate surface area is 461 Å². The summed E-state index contributed by atoms with van der Waals surface area (Å²) in [5.74, 6) is 0. The highest BCUT2D eigenvalue weighted by molar-refractivity contribution is 8.02. The maximum atomic E-state index is 4.97. The van der Waals surface area contributed by atoms with Crippen LogP contribution in [0, 0.1) is 41.5 Å². The zero-order valence-corrected chi connectivity index (χ0v) is 46.5. The van der Waals surface area contributed by atoms with Crippen molar-refractivity contribution >= 4 is 93.2 Å². The van der Waals surface area contributed by atoms with Crippen molar-refractivity contribution < 1.29 is 0 Å². The van der Waals surface area contributed by atoms with E-state index in [-0.39, 0.29) is 13.4 Å². The molecule has 0 unspecified atom stereocenters. The molecule has 0 amide bonds. The fourth-order valence-corrected chi connectivity index (χ4v) is 17.7. The number of aromatic nitrogens is 5. The molecule has 0 N–H and O–H groups in total. The van der Waals surface area contributed by atoms with E-state index in [0.29, 0.717) is 0 Å². The number of rotatable bonds is 6. The molecule has 3 aromatic heterocycles. The fraction of sp³-hybridized carbons (Fsp3) is 0.108. The molecule has 15 rings (SSSR count). The Morgan fingerprint density at radius 1 is 0.368 bits per heavy atom. The number of benzene rings is 8. The molecule has 364 valence electrons. The van der Waals surface area contributed by atoms with Gasteiger partial charge in [0.15, 0.2) is 0 Å². The van der Waals surface area contributed by atoms with Gasteiger partial charge in [-0.1, -0.05) is 141 Å². The number of fused-ring (bicyclic) bond motifs is 8. The van der Waals surface area contributed by atoms with Gasteiger partial charge in [-0.05, 0) is 181 Å². The van der Waals surface area contributed by atoms with Crippen LogP contribution in [0.2, 0.25) is 0 Å². The summed E-state index contributed by atoms with van der Waals surface area (Å²) in [4.78, 5) is 10.6. The van der Waals surface area contributed by atoms with E-state index in [1.165, 1.54) is 139 Å². The van der Waals surface area contributed by atoms with Crippen LogP contribution in [0.5, 0.6) is 0 Å². The van der Waals surface area contributed by atoms with Gasteiger partial charge >= 0.3 is 0 Å². The molecule has 0 aliphatic carbocycles.